The second-order valence-corrected chi connectivity index (χ2v) is 3.06. The molecule has 0 radical (unpaired) electrons. The summed E-state index contributed by atoms with van der Waals surface area (Å²) < 4.78 is 1.67. The van der Waals surface area contributed by atoms with Gasteiger partial charge in [0, 0.05) is 24.9 Å². The maximum atomic E-state index is 11.5. The van der Waals surface area contributed by atoms with Gasteiger partial charge in [0.2, 0.25) is 0 Å². The molecule has 1 rings (SSSR count). The van der Waals surface area contributed by atoms with Crippen LogP contribution in [-0.4, -0.2) is 9.55 Å². The Kier molecular flexibility index (Phi) is 2.63. The minimum absolute atomic E-state index is 0.0370. The Balaban J connectivity index is 3.24. The fraction of sp³-hybridized carbons (Fsp3) is 0.556. The molecule has 12 heavy (non-hydrogen) atoms. The third-order valence-electron chi connectivity index (χ3n) is 1.83. The quantitative estimate of drug-likeness (QED) is 0.665. The lowest BCUT2D eigenvalue weighted by Crippen LogP contribution is -2.24. The molecule has 3 nitrogen and oxygen atoms in total. The lowest BCUT2D eigenvalue weighted by atomic mass is 10.1. The minimum Gasteiger partial charge on any atom is -0.313 e. The summed E-state index contributed by atoms with van der Waals surface area (Å²) in [5.41, 5.74) is 0.689. The zero-order chi connectivity index (χ0) is 9.14. The third kappa shape index (κ3) is 1.55. The highest BCUT2D eigenvalue weighted by molar-refractivity contribution is 5.02. The molecule has 0 aromatic carbocycles. The van der Waals surface area contributed by atoms with Crippen molar-refractivity contribution in [3.05, 3.63) is 28.4 Å². The molecule has 0 unspecified atom stereocenters. The molecule has 1 aromatic heterocycles. The SMILES string of the molecule is CCn1ccnc(C(C)C)c1=O. The molecular weight excluding hydrogens is 152 g/mol. The first-order chi connectivity index (χ1) is 5.66. The number of nitrogens with zero attached hydrogens (tertiary/aromatic N) is 2. The van der Waals surface area contributed by atoms with Crippen LogP contribution in [0.5, 0.6) is 0 Å². The smallest absolute Gasteiger partial charge is 0.272 e. The summed E-state index contributed by atoms with van der Waals surface area (Å²) in [6.07, 6.45) is 3.40. The van der Waals surface area contributed by atoms with Crippen LogP contribution in [-0.2, 0) is 6.54 Å². The molecule has 0 saturated heterocycles. The highest BCUT2D eigenvalue weighted by Crippen LogP contribution is 2.04. The van der Waals surface area contributed by atoms with E-state index in [4.69, 9.17) is 0 Å². The maximum Gasteiger partial charge on any atom is 0.272 e. The van der Waals surface area contributed by atoms with Gasteiger partial charge in [-0.1, -0.05) is 13.8 Å². The number of rotatable bonds is 2. The van der Waals surface area contributed by atoms with E-state index in [0.29, 0.717) is 12.2 Å². The Morgan fingerprint density at radius 3 is 2.75 bits per heavy atom. The Morgan fingerprint density at radius 2 is 2.25 bits per heavy atom. The van der Waals surface area contributed by atoms with E-state index in [9.17, 15) is 4.79 Å². The van der Waals surface area contributed by atoms with Gasteiger partial charge in [-0.3, -0.25) is 9.78 Å². The van der Waals surface area contributed by atoms with Crippen LogP contribution in [0.15, 0.2) is 17.2 Å². The summed E-state index contributed by atoms with van der Waals surface area (Å²) in [6, 6.07) is 0. The first kappa shape index (κ1) is 8.97. The molecule has 0 aliphatic rings. The molecule has 1 aromatic rings. The van der Waals surface area contributed by atoms with Crippen LogP contribution in [0.25, 0.3) is 0 Å². The summed E-state index contributed by atoms with van der Waals surface area (Å²) in [5, 5.41) is 0. The summed E-state index contributed by atoms with van der Waals surface area (Å²) in [4.78, 5) is 15.6. The van der Waals surface area contributed by atoms with Crippen LogP contribution < -0.4 is 5.56 Å². The Hall–Kier alpha value is -1.12. The monoisotopic (exact) mass is 166 g/mol. The number of hydrogen-bond donors (Lipinski definition) is 0. The molecule has 0 bridgehead atoms. The van der Waals surface area contributed by atoms with E-state index in [1.807, 2.05) is 20.8 Å². The van der Waals surface area contributed by atoms with Gasteiger partial charge in [-0.2, -0.15) is 0 Å². The molecule has 0 saturated carbocycles. The van der Waals surface area contributed by atoms with Crippen molar-refractivity contribution in [3.8, 4) is 0 Å². The maximum absolute atomic E-state index is 11.5. The predicted molar refractivity (Wildman–Crippen MR) is 48.3 cm³/mol. The van der Waals surface area contributed by atoms with E-state index < -0.39 is 0 Å². The standard InChI is InChI=1S/C9H14N2O/c1-4-11-6-5-10-8(7(2)3)9(11)12/h5-7H,4H2,1-3H3. The summed E-state index contributed by atoms with van der Waals surface area (Å²) >= 11 is 0. The van der Waals surface area contributed by atoms with Crippen LogP contribution in [0, 0.1) is 0 Å². The average molecular weight is 166 g/mol. The van der Waals surface area contributed by atoms with Crippen LogP contribution in [0.4, 0.5) is 0 Å². The minimum atomic E-state index is 0.0370. The first-order valence-electron chi connectivity index (χ1n) is 4.22. The van der Waals surface area contributed by atoms with Crippen LogP contribution >= 0.6 is 0 Å². The van der Waals surface area contributed by atoms with Gasteiger partial charge in [-0.25, -0.2) is 0 Å². The highest BCUT2D eigenvalue weighted by atomic mass is 16.1. The van der Waals surface area contributed by atoms with E-state index >= 15 is 0 Å². The van der Waals surface area contributed by atoms with Gasteiger partial charge in [0.1, 0.15) is 5.69 Å². The van der Waals surface area contributed by atoms with E-state index in [0.717, 1.165) is 0 Å². The summed E-state index contributed by atoms with van der Waals surface area (Å²) in [7, 11) is 0. The third-order valence-corrected chi connectivity index (χ3v) is 1.83. The van der Waals surface area contributed by atoms with Crippen molar-refractivity contribution in [2.45, 2.75) is 33.2 Å². The van der Waals surface area contributed by atoms with E-state index in [2.05, 4.69) is 4.98 Å². The number of hydrogen-bond acceptors (Lipinski definition) is 2. The normalized spacial score (nSPS) is 10.7. The van der Waals surface area contributed by atoms with Crippen molar-refractivity contribution in [1.29, 1.82) is 0 Å². The van der Waals surface area contributed by atoms with Gasteiger partial charge in [0.05, 0.1) is 0 Å². The molecule has 0 aliphatic heterocycles. The topological polar surface area (TPSA) is 34.9 Å². The molecule has 0 fully saturated rings. The van der Waals surface area contributed by atoms with Gasteiger partial charge in [-0.05, 0) is 6.92 Å². The average Bonchev–Trinajstić information content (AvgIpc) is 2.04. The van der Waals surface area contributed by atoms with Crippen LogP contribution in [0.1, 0.15) is 32.4 Å². The summed E-state index contributed by atoms with van der Waals surface area (Å²) in [6.45, 7) is 6.61. The van der Waals surface area contributed by atoms with Gasteiger partial charge < -0.3 is 4.57 Å². The van der Waals surface area contributed by atoms with E-state index in [1.54, 1.807) is 17.0 Å². The van der Waals surface area contributed by atoms with Crippen LogP contribution in [0.3, 0.4) is 0 Å². The largest absolute Gasteiger partial charge is 0.313 e. The fourth-order valence-electron chi connectivity index (χ4n) is 1.11. The first-order valence-corrected chi connectivity index (χ1v) is 4.22. The zero-order valence-electron chi connectivity index (χ0n) is 7.74. The predicted octanol–water partition coefficient (Wildman–Crippen LogP) is 1.39. The molecule has 0 aliphatic carbocycles. The summed E-state index contributed by atoms with van der Waals surface area (Å²) in [5.74, 6) is 0.205. The van der Waals surface area contributed by atoms with E-state index in [-0.39, 0.29) is 11.5 Å². The Labute approximate surface area is 72.1 Å². The molecule has 0 N–H and O–H groups in total. The van der Waals surface area contributed by atoms with Crippen molar-refractivity contribution in [1.82, 2.24) is 9.55 Å². The molecular formula is C9H14N2O. The van der Waals surface area contributed by atoms with Gasteiger partial charge in [-0.15, -0.1) is 0 Å². The zero-order valence-corrected chi connectivity index (χ0v) is 7.74. The lowest BCUT2D eigenvalue weighted by molar-refractivity contribution is 0.677. The fourth-order valence-corrected chi connectivity index (χ4v) is 1.11. The molecule has 3 heteroatoms. The van der Waals surface area contributed by atoms with Crippen LogP contribution in [0.2, 0.25) is 0 Å². The second-order valence-electron chi connectivity index (χ2n) is 3.06. The van der Waals surface area contributed by atoms with Crippen molar-refractivity contribution >= 4 is 0 Å². The molecule has 0 amide bonds. The van der Waals surface area contributed by atoms with Gasteiger partial charge >= 0.3 is 0 Å². The Morgan fingerprint density at radius 1 is 1.58 bits per heavy atom. The second kappa shape index (κ2) is 3.52. The molecule has 0 atom stereocenters. The molecule has 66 valence electrons. The van der Waals surface area contributed by atoms with Crippen molar-refractivity contribution in [2.75, 3.05) is 0 Å². The van der Waals surface area contributed by atoms with Gasteiger partial charge in [0.25, 0.3) is 5.56 Å². The van der Waals surface area contributed by atoms with Crippen molar-refractivity contribution in [2.24, 2.45) is 0 Å². The number of aryl methyl sites for hydroxylation is 1. The van der Waals surface area contributed by atoms with Gasteiger partial charge in [0.15, 0.2) is 0 Å². The van der Waals surface area contributed by atoms with Crippen molar-refractivity contribution in [3.63, 3.8) is 0 Å². The molecule has 0 spiro atoms. The van der Waals surface area contributed by atoms with Crippen molar-refractivity contribution < 1.29 is 0 Å². The highest BCUT2D eigenvalue weighted by Gasteiger charge is 2.06. The Bertz CT molecular complexity index is 315. The lowest BCUT2D eigenvalue weighted by Gasteiger charge is -2.06. The molecule has 1 heterocycles. The van der Waals surface area contributed by atoms with E-state index in [1.165, 1.54) is 0 Å². The number of aromatic nitrogens is 2.